The Morgan fingerprint density at radius 2 is 1.91 bits per heavy atom. The van der Waals surface area contributed by atoms with Gasteiger partial charge in [-0.25, -0.2) is 12.7 Å². The number of nitrogens with one attached hydrogen (secondary N) is 1. The van der Waals surface area contributed by atoms with Gasteiger partial charge in [-0.15, -0.1) is 11.3 Å². The average Bonchev–Trinajstić information content (AvgIpc) is 3.48. The monoisotopic (exact) mass is 496 g/mol. The van der Waals surface area contributed by atoms with E-state index in [1.165, 1.54) is 18.4 Å². The topological polar surface area (TPSA) is 84.3 Å². The van der Waals surface area contributed by atoms with E-state index in [0.717, 1.165) is 28.8 Å². The lowest BCUT2D eigenvalue weighted by atomic mass is 10.1. The number of carbonyl (C=O) groups excluding carboxylic acids is 1. The quantitative estimate of drug-likeness (QED) is 0.365. The van der Waals surface area contributed by atoms with Gasteiger partial charge in [0.1, 0.15) is 5.69 Å². The number of benzene rings is 1. The summed E-state index contributed by atoms with van der Waals surface area (Å²) in [5.74, 6) is -0.186. The van der Waals surface area contributed by atoms with Crippen molar-refractivity contribution in [1.29, 1.82) is 0 Å². The van der Waals surface area contributed by atoms with Crippen molar-refractivity contribution < 1.29 is 13.2 Å². The van der Waals surface area contributed by atoms with Crippen molar-refractivity contribution >= 4 is 38.2 Å². The van der Waals surface area contributed by atoms with Crippen LogP contribution in [0.3, 0.4) is 0 Å². The number of aromatic nitrogens is 2. The minimum Gasteiger partial charge on any atom is -0.343 e. The Balaban J connectivity index is 1.78. The molecule has 1 aromatic carbocycles. The molecule has 0 saturated carbocycles. The van der Waals surface area contributed by atoms with E-state index < -0.39 is 10.0 Å². The number of hydrogen-bond acceptors (Lipinski definition) is 5. The number of sulfonamides is 1. The molecule has 9 heteroatoms. The van der Waals surface area contributed by atoms with Crippen LogP contribution < -0.4 is 5.32 Å². The molecule has 0 radical (unpaired) electrons. The number of amides is 1. The third-order valence-electron chi connectivity index (χ3n) is 5.74. The highest BCUT2D eigenvalue weighted by molar-refractivity contribution is 7.89. The van der Waals surface area contributed by atoms with Crippen LogP contribution in [0.15, 0.2) is 71.2 Å². The lowest BCUT2D eigenvalue weighted by Crippen LogP contribution is -2.30. The second kappa shape index (κ2) is 10.1. The maximum Gasteiger partial charge on any atom is 0.268 e. The van der Waals surface area contributed by atoms with Gasteiger partial charge in [0.2, 0.25) is 10.0 Å². The summed E-state index contributed by atoms with van der Waals surface area (Å²) < 4.78 is 28.5. The Morgan fingerprint density at radius 1 is 1.15 bits per heavy atom. The molecule has 0 spiro atoms. The molecule has 34 heavy (non-hydrogen) atoms. The molecule has 0 bridgehead atoms. The van der Waals surface area contributed by atoms with Crippen molar-refractivity contribution in [2.24, 2.45) is 0 Å². The van der Waals surface area contributed by atoms with Crippen molar-refractivity contribution in [2.45, 2.75) is 37.2 Å². The maximum absolute atomic E-state index is 13.5. The van der Waals surface area contributed by atoms with Crippen LogP contribution in [-0.4, -0.2) is 42.3 Å². The van der Waals surface area contributed by atoms with Gasteiger partial charge in [0, 0.05) is 48.8 Å². The first kappa shape index (κ1) is 24.1. The van der Waals surface area contributed by atoms with Gasteiger partial charge in [-0.3, -0.25) is 9.78 Å². The van der Waals surface area contributed by atoms with Gasteiger partial charge in [-0.1, -0.05) is 19.4 Å². The molecule has 0 aliphatic rings. The second-order valence-electron chi connectivity index (χ2n) is 8.31. The van der Waals surface area contributed by atoms with E-state index in [2.05, 4.69) is 17.2 Å². The first-order valence-electron chi connectivity index (χ1n) is 11.1. The number of pyridine rings is 1. The zero-order valence-electron chi connectivity index (χ0n) is 19.4. The van der Waals surface area contributed by atoms with Gasteiger partial charge in [0.25, 0.3) is 5.91 Å². The van der Waals surface area contributed by atoms with Crippen molar-refractivity contribution in [1.82, 2.24) is 19.2 Å². The summed E-state index contributed by atoms with van der Waals surface area (Å²) in [7, 11) is -0.580. The highest BCUT2D eigenvalue weighted by Gasteiger charge is 2.23. The third-order valence-corrected chi connectivity index (χ3v) is 8.54. The third kappa shape index (κ3) is 4.91. The molecule has 0 aliphatic carbocycles. The molecule has 3 heterocycles. The van der Waals surface area contributed by atoms with Crippen LogP contribution in [-0.2, 0) is 16.6 Å². The fraction of sp³-hybridized carbons (Fsp3) is 0.280. The van der Waals surface area contributed by atoms with Gasteiger partial charge < -0.3 is 9.88 Å². The van der Waals surface area contributed by atoms with Gasteiger partial charge in [-0.2, -0.15) is 0 Å². The second-order valence-corrected chi connectivity index (χ2v) is 11.4. The standard InChI is InChI=1S/C25H28N4O3S2/c1-4-6-21(24-7-5-14-33-24)27-25(30)23-16-19-15-20(34(31,32)28(2)3)8-9-22(19)29(23)17-18-10-12-26-13-11-18/h5,7-16,21H,4,6,17H2,1-3H3,(H,27,30). The molecule has 1 amide bonds. The SMILES string of the molecule is CCCC(NC(=O)c1cc2cc(S(=O)(=O)N(C)C)ccc2n1Cc1ccncc1)c1cccs1. The van der Waals surface area contributed by atoms with Gasteiger partial charge in [0.15, 0.2) is 0 Å². The van der Waals surface area contributed by atoms with Crippen LogP contribution in [0, 0.1) is 0 Å². The molecule has 4 aromatic rings. The Hall–Kier alpha value is -3.01. The molecule has 3 aromatic heterocycles. The van der Waals surface area contributed by atoms with Crippen LogP contribution in [0.25, 0.3) is 10.9 Å². The van der Waals surface area contributed by atoms with Crippen molar-refractivity contribution in [3.63, 3.8) is 0 Å². The van der Waals surface area contributed by atoms with Crippen LogP contribution >= 0.6 is 11.3 Å². The summed E-state index contributed by atoms with van der Waals surface area (Å²) in [5, 5.41) is 5.91. The Morgan fingerprint density at radius 3 is 2.56 bits per heavy atom. The summed E-state index contributed by atoms with van der Waals surface area (Å²) in [6.07, 6.45) is 5.21. The molecular weight excluding hydrogens is 468 g/mol. The fourth-order valence-electron chi connectivity index (χ4n) is 3.95. The predicted molar refractivity (Wildman–Crippen MR) is 136 cm³/mol. The summed E-state index contributed by atoms with van der Waals surface area (Å²) in [5.41, 5.74) is 2.28. The predicted octanol–water partition coefficient (Wildman–Crippen LogP) is 4.67. The van der Waals surface area contributed by atoms with E-state index in [-0.39, 0.29) is 16.8 Å². The van der Waals surface area contributed by atoms with Crippen LogP contribution in [0.1, 0.15) is 46.7 Å². The molecule has 0 saturated heterocycles. The highest BCUT2D eigenvalue weighted by Crippen LogP contribution is 2.28. The molecule has 4 rings (SSSR count). The number of rotatable bonds is 9. The summed E-state index contributed by atoms with van der Waals surface area (Å²) in [6.45, 7) is 2.56. The van der Waals surface area contributed by atoms with Crippen molar-refractivity contribution in [3.8, 4) is 0 Å². The van der Waals surface area contributed by atoms with E-state index in [0.29, 0.717) is 17.6 Å². The summed E-state index contributed by atoms with van der Waals surface area (Å²) in [4.78, 5) is 18.9. The zero-order valence-corrected chi connectivity index (χ0v) is 21.1. The zero-order chi connectivity index (χ0) is 24.3. The molecular formula is C25H28N4O3S2. The van der Waals surface area contributed by atoms with E-state index >= 15 is 0 Å². The first-order chi connectivity index (χ1) is 16.3. The molecule has 7 nitrogen and oxygen atoms in total. The van der Waals surface area contributed by atoms with Crippen LogP contribution in [0.2, 0.25) is 0 Å². The number of thiophene rings is 1. The van der Waals surface area contributed by atoms with Crippen LogP contribution in [0.5, 0.6) is 0 Å². The van der Waals surface area contributed by atoms with Gasteiger partial charge >= 0.3 is 0 Å². The summed E-state index contributed by atoms with van der Waals surface area (Å²) in [6, 6.07) is 14.5. The smallest absolute Gasteiger partial charge is 0.268 e. The molecule has 1 unspecified atom stereocenters. The maximum atomic E-state index is 13.5. The fourth-order valence-corrected chi connectivity index (χ4v) is 5.70. The molecule has 178 valence electrons. The van der Waals surface area contributed by atoms with E-state index in [1.807, 2.05) is 34.2 Å². The van der Waals surface area contributed by atoms with E-state index in [4.69, 9.17) is 0 Å². The minimum atomic E-state index is -3.59. The average molecular weight is 497 g/mol. The largest absolute Gasteiger partial charge is 0.343 e. The summed E-state index contributed by atoms with van der Waals surface area (Å²) >= 11 is 1.63. The van der Waals surface area contributed by atoms with Gasteiger partial charge in [0.05, 0.1) is 10.9 Å². The minimum absolute atomic E-state index is 0.0745. The van der Waals surface area contributed by atoms with E-state index in [9.17, 15) is 13.2 Å². The lowest BCUT2D eigenvalue weighted by molar-refractivity contribution is 0.0926. The first-order valence-corrected chi connectivity index (χ1v) is 13.4. The number of carbonyl (C=O) groups is 1. The normalized spacial score (nSPS) is 12.8. The Labute approximate surface area is 204 Å². The Bertz CT molecular complexity index is 1380. The van der Waals surface area contributed by atoms with Crippen molar-refractivity contribution in [3.05, 3.63) is 82.4 Å². The molecule has 1 atom stereocenters. The van der Waals surface area contributed by atoms with E-state index in [1.54, 1.807) is 48.0 Å². The van der Waals surface area contributed by atoms with Crippen molar-refractivity contribution in [2.75, 3.05) is 14.1 Å². The van der Waals surface area contributed by atoms with Crippen LogP contribution in [0.4, 0.5) is 0 Å². The number of hydrogen-bond donors (Lipinski definition) is 1. The highest BCUT2D eigenvalue weighted by atomic mass is 32.2. The molecule has 1 N–H and O–H groups in total. The number of fused-ring (bicyclic) bond motifs is 1. The Kier molecular flexibility index (Phi) is 7.16. The van der Waals surface area contributed by atoms with Gasteiger partial charge in [-0.05, 0) is 59.8 Å². The molecule has 0 fully saturated rings. The number of nitrogens with zero attached hydrogens (tertiary/aromatic N) is 3. The molecule has 0 aliphatic heterocycles. The lowest BCUT2D eigenvalue weighted by Gasteiger charge is -2.18.